The van der Waals surface area contributed by atoms with Crippen molar-refractivity contribution in [1.82, 2.24) is 5.32 Å². The summed E-state index contributed by atoms with van der Waals surface area (Å²) in [7, 11) is 0. The van der Waals surface area contributed by atoms with Crippen LogP contribution >= 0.6 is 15.9 Å². The number of hydrogen-bond donors (Lipinski definition) is 1. The summed E-state index contributed by atoms with van der Waals surface area (Å²) >= 11 is 2.94. The van der Waals surface area contributed by atoms with Crippen LogP contribution in [0.2, 0.25) is 0 Å². The summed E-state index contributed by atoms with van der Waals surface area (Å²) in [6.45, 7) is 3.39. The molecule has 0 spiro atoms. The van der Waals surface area contributed by atoms with E-state index in [2.05, 4.69) is 21.2 Å². The zero-order chi connectivity index (χ0) is 15.5. The van der Waals surface area contributed by atoms with Crippen LogP contribution in [-0.4, -0.2) is 11.9 Å². The van der Waals surface area contributed by atoms with Crippen LogP contribution in [0, 0.1) is 17.2 Å². The standard InChI is InChI=1S/C13H12BrF3N2O/c1-7(2)11(6-18)19-12(20)9-4-3-8(14)5-10(9)13(15,16)17/h3-5,7,11H,1-2H3,(H,19,20). The van der Waals surface area contributed by atoms with E-state index in [0.29, 0.717) is 0 Å². The lowest BCUT2D eigenvalue weighted by atomic mass is 10.0. The molecular weight excluding hydrogens is 337 g/mol. The molecule has 1 aromatic rings. The van der Waals surface area contributed by atoms with Crippen LogP contribution in [0.4, 0.5) is 13.2 Å². The summed E-state index contributed by atoms with van der Waals surface area (Å²) in [4.78, 5) is 11.9. The number of carbonyl (C=O) groups excluding carboxylic acids is 1. The molecule has 3 nitrogen and oxygen atoms in total. The van der Waals surface area contributed by atoms with Crippen molar-refractivity contribution in [1.29, 1.82) is 5.26 Å². The Kier molecular flexibility index (Phi) is 5.17. The van der Waals surface area contributed by atoms with Gasteiger partial charge < -0.3 is 5.32 Å². The van der Waals surface area contributed by atoms with Gasteiger partial charge in [0, 0.05) is 4.47 Å². The number of amides is 1. The van der Waals surface area contributed by atoms with Gasteiger partial charge in [0.15, 0.2) is 0 Å². The minimum Gasteiger partial charge on any atom is -0.336 e. The van der Waals surface area contributed by atoms with Crippen molar-refractivity contribution in [3.05, 3.63) is 33.8 Å². The second kappa shape index (κ2) is 6.27. The number of hydrogen-bond acceptors (Lipinski definition) is 2. The maximum absolute atomic E-state index is 12.9. The van der Waals surface area contributed by atoms with Gasteiger partial charge in [-0.15, -0.1) is 0 Å². The number of nitrogens with zero attached hydrogens (tertiary/aromatic N) is 1. The van der Waals surface area contributed by atoms with Gasteiger partial charge in [0.1, 0.15) is 6.04 Å². The molecule has 108 valence electrons. The summed E-state index contributed by atoms with van der Waals surface area (Å²) in [5.41, 5.74) is -1.54. The lowest BCUT2D eigenvalue weighted by molar-refractivity contribution is -0.138. The van der Waals surface area contributed by atoms with Gasteiger partial charge in [-0.3, -0.25) is 4.79 Å². The molecule has 1 unspecified atom stereocenters. The molecule has 0 aliphatic carbocycles. The third-order valence-electron chi connectivity index (χ3n) is 2.62. The van der Waals surface area contributed by atoms with Gasteiger partial charge in [0.25, 0.3) is 5.91 Å². The molecule has 1 aromatic carbocycles. The summed E-state index contributed by atoms with van der Waals surface area (Å²) in [5, 5.41) is 11.2. The highest BCUT2D eigenvalue weighted by Crippen LogP contribution is 2.33. The first kappa shape index (κ1) is 16.5. The molecular formula is C13H12BrF3N2O. The molecule has 0 saturated carbocycles. The van der Waals surface area contributed by atoms with Crippen LogP contribution in [0.15, 0.2) is 22.7 Å². The van der Waals surface area contributed by atoms with Crippen molar-refractivity contribution in [2.75, 3.05) is 0 Å². The van der Waals surface area contributed by atoms with E-state index in [-0.39, 0.29) is 10.4 Å². The second-order valence-electron chi connectivity index (χ2n) is 4.51. The second-order valence-corrected chi connectivity index (χ2v) is 5.43. The minimum absolute atomic E-state index is 0.200. The van der Waals surface area contributed by atoms with Crippen LogP contribution in [-0.2, 0) is 6.18 Å². The number of carbonyl (C=O) groups is 1. The maximum Gasteiger partial charge on any atom is 0.417 e. The Hall–Kier alpha value is -1.55. The first-order valence-electron chi connectivity index (χ1n) is 5.74. The van der Waals surface area contributed by atoms with Crippen molar-refractivity contribution in [2.24, 2.45) is 5.92 Å². The third kappa shape index (κ3) is 3.97. The van der Waals surface area contributed by atoms with Gasteiger partial charge in [-0.05, 0) is 24.1 Å². The molecule has 0 fully saturated rings. The smallest absolute Gasteiger partial charge is 0.336 e. The molecule has 7 heteroatoms. The Bertz CT molecular complexity index is 550. The normalized spacial score (nSPS) is 12.9. The highest BCUT2D eigenvalue weighted by atomic mass is 79.9. The average Bonchev–Trinajstić information content (AvgIpc) is 2.34. The van der Waals surface area contributed by atoms with E-state index in [9.17, 15) is 18.0 Å². The Balaban J connectivity index is 3.14. The fraction of sp³-hybridized carbons (Fsp3) is 0.385. The first-order valence-corrected chi connectivity index (χ1v) is 6.53. The SMILES string of the molecule is CC(C)C(C#N)NC(=O)c1ccc(Br)cc1C(F)(F)F. The molecule has 1 rings (SSSR count). The van der Waals surface area contributed by atoms with Gasteiger partial charge in [-0.25, -0.2) is 0 Å². The zero-order valence-corrected chi connectivity index (χ0v) is 12.3. The van der Waals surface area contributed by atoms with E-state index in [0.717, 1.165) is 12.1 Å². The molecule has 20 heavy (non-hydrogen) atoms. The van der Waals surface area contributed by atoms with Crippen molar-refractivity contribution in [3.63, 3.8) is 0 Å². The average molecular weight is 349 g/mol. The number of rotatable bonds is 3. The highest BCUT2D eigenvalue weighted by molar-refractivity contribution is 9.10. The van der Waals surface area contributed by atoms with Gasteiger partial charge >= 0.3 is 6.18 Å². The van der Waals surface area contributed by atoms with Crippen LogP contribution in [0.3, 0.4) is 0 Å². The van der Waals surface area contributed by atoms with Crippen molar-refractivity contribution < 1.29 is 18.0 Å². The van der Waals surface area contributed by atoms with E-state index in [4.69, 9.17) is 5.26 Å². The molecule has 0 aliphatic heterocycles. The molecule has 0 aromatic heterocycles. The van der Waals surface area contributed by atoms with Crippen LogP contribution in [0.1, 0.15) is 29.8 Å². The molecule has 0 bridgehead atoms. The summed E-state index contributed by atoms with van der Waals surface area (Å²) in [6, 6.07) is 4.28. The molecule has 0 radical (unpaired) electrons. The Labute approximate surface area is 122 Å². The molecule has 1 N–H and O–H groups in total. The monoisotopic (exact) mass is 348 g/mol. The lowest BCUT2D eigenvalue weighted by Gasteiger charge is -2.17. The van der Waals surface area contributed by atoms with Crippen molar-refractivity contribution >= 4 is 21.8 Å². The largest absolute Gasteiger partial charge is 0.417 e. The molecule has 0 aliphatic rings. The number of benzene rings is 1. The van der Waals surface area contributed by atoms with Crippen LogP contribution < -0.4 is 5.32 Å². The first-order chi connectivity index (χ1) is 9.16. The zero-order valence-electron chi connectivity index (χ0n) is 10.8. The number of nitriles is 1. The molecule has 0 saturated heterocycles. The third-order valence-corrected chi connectivity index (χ3v) is 3.12. The molecule has 1 atom stereocenters. The maximum atomic E-state index is 12.9. The minimum atomic E-state index is -4.64. The summed E-state index contributed by atoms with van der Waals surface area (Å²) < 4.78 is 38.9. The van der Waals surface area contributed by atoms with Gasteiger partial charge in [-0.1, -0.05) is 29.8 Å². The predicted molar refractivity (Wildman–Crippen MR) is 70.8 cm³/mol. The molecule has 1 amide bonds. The molecule has 0 heterocycles. The van der Waals surface area contributed by atoms with Gasteiger partial charge in [0.05, 0.1) is 17.2 Å². The highest BCUT2D eigenvalue weighted by Gasteiger charge is 2.35. The topological polar surface area (TPSA) is 52.9 Å². The number of nitrogens with one attached hydrogen (secondary N) is 1. The van der Waals surface area contributed by atoms with Crippen LogP contribution in [0.25, 0.3) is 0 Å². The fourth-order valence-corrected chi connectivity index (χ4v) is 1.88. The fourth-order valence-electron chi connectivity index (χ4n) is 1.52. The van der Waals surface area contributed by atoms with E-state index in [1.54, 1.807) is 13.8 Å². The number of alkyl halides is 3. The Morgan fingerprint density at radius 3 is 2.45 bits per heavy atom. The Morgan fingerprint density at radius 1 is 1.40 bits per heavy atom. The van der Waals surface area contributed by atoms with Gasteiger partial charge in [0.2, 0.25) is 0 Å². The van der Waals surface area contributed by atoms with Crippen molar-refractivity contribution in [3.8, 4) is 6.07 Å². The summed E-state index contributed by atoms with van der Waals surface area (Å²) in [6.07, 6.45) is -4.64. The van der Waals surface area contributed by atoms with Gasteiger partial charge in [-0.2, -0.15) is 18.4 Å². The van der Waals surface area contributed by atoms with E-state index >= 15 is 0 Å². The Morgan fingerprint density at radius 2 is 2.00 bits per heavy atom. The predicted octanol–water partition coefficient (Wildman–Crippen LogP) is 3.75. The van der Waals surface area contributed by atoms with E-state index < -0.39 is 29.3 Å². The van der Waals surface area contributed by atoms with Crippen molar-refractivity contribution in [2.45, 2.75) is 26.1 Å². The number of halogens is 4. The summed E-state index contributed by atoms with van der Waals surface area (Å²) in [5.74, 6) is -1.11. The quantitative estimate of drug-likeness (QED) is 0.904. The van der Waals surface area contributed by atoms with E-state index in [1.165, 1.54) is 6.07 Å². The lowest BCUT2D eigenvalue weighted by Crippen LogP contribution is -2.38. The van der Waals surface area contributed by atoms with E-state index in [1.807, 2.05) is 6.07 Å². The van der Waals surface area contributed by atoms with Crippen LogP contribution in [0.5, 0.6) is 0 Å².